The number of rotatable bonds is 4. The smallest absolute Gasteiger partial charge is 0.276 e. The molecular weight excluding hydrogens is 146 g/mol. The molecule has 0 aliphatic rings. The number of amides is 1. The number of carbonyl (C=O) groups excluding carboxylic acids is 1. The van der Waals surface area contributed by atoms with E-state index in [2.05, 4.69) is 31.8 Å². The average molecular weight is 161 g/mol. The summed E-state index contributed by atoms with van der Waals surface area (Å²) >= 11 is 3.63. The fourth-order valence-electron chi connectivity index (χ4n) is 0.901. The Morgan fingerprint density at radius 3 is 2.50 bits per heavy atom. The van der Waals surface area contributed by atoms with Crippen LogP contribution in [0, 0.1) is 0 Å². The van der Waals surface area contributed by atoms with Gasteiger partial charge in [-0.25, -0.2) is 0 Å². The van der Waals surface area contributed by atoms with Crippen LogP contribution in [-0.2, 0) is 0 Å². The molecule has 3 heteroatoms. The van der Waals surface area contributed by atoms with Gasteiger partial charge in [0.25, 0.3) is 5.24 Å². The molecule has 60 valence electrons. The van der Waals surface area contributed by atoms with Crippen LogP contribution >= 0.6 is 12.6 Å². The van der Waals surface area contributed by atoms with E-state index < -0.39 is 0 Å². The van der Waals surface area contributed by atoms with Gasteiger partial charge in [-0.05, 0) is 12.8 Å². The standard InChI is InChI=1S/C7H15NOS/c1-3-5-6(4-2)8-7(9)10/h6H,3-5H2,1-2H3,(H2,8,9,10). The monoisotopic (exact) mass is 161 g/mol. The minimum Gasteiger partial charge on any atom is -0.344 e. The third-order valence-corrected chi connectivity index (χ3v) is 1.59. The SMILES string of the molecule is CCCC(CC)NC(=O)S. The van der Waals surface area contributed by atoms with E-state index in [0.29, 0.717) is 6.04 Å². The molecule has 1 N–H and O–H groups in total. The molecule has 0 aromatic rings. The van der Waals surface area contributed by atoms with Crippen molar-refractivity contribution in [2.45, 2.75) is 39.2 Å². The topological polar surface area (TPSA) is 29.1 Å². The van der Waals surface area contributed by atoms with Gasteiger partial charge in [-0.1, -0.05) is 32.9 Å². The van der Waals surface area contributed by atoms with Crippen molar-refractivity contribution in [3.05, 3.63) is 0 Å². The van der Waals surface area contributed by atoms with Gasteiger partial charge in [-0.2, -0.15) is 0 Å². The van der Waals surface area contributed by atoms with Crippen LogP contribution in [0.15, 0.2) is 0 Å². The Balaban J connectivity index is 3.49. The van der Waals surface area contributed by atoms with Gasteiger partial charge in [0.05, 0.1) is 0 Å². The molecule has 1 amide bonds. The van der Waals surface area contributed by atoms with Crippen LogP contribution < -0.4 is 5.32 Å². The molecule has 0 spiro atoms. The molecule has 0 aliphatic heterocycles. The van der Waals surface area contributed by atoms with E-state index >= 15 is 0 Å². The van der Waals surface area contributed by atoms with Crippen molar-refractivity contribution in [1.29, 1.82) is 0 Å². The summed E-state index contributed by atoms with van der Waals surface area (Å²) in [6.07, 6.45) is 3.13. The molecule has 10 heavy (non-hydrogen) atoms. The maximum Gasteiger partial charge on any atom is 0.276 e. The van der Waals surface area contributed by atoms with Gasteiger partial charge in [0.1, 0.15) is 0 Å². The molecule has 1 unspecified atom stereocenters. The Morgan fingerprint density at radius 1 is 1.60 bits per heavy atom. The zero-order chi connectivity index (χ0) is 7.98. The van der Waals surface area contributed by atoms with Gasteiger partial charge in [-0.15, -0.1) is 0 Å². The Bertz CT molecular complexity index is 106. The summed E-state index contributed by atoms with van der Waals surface area (Å²) in [6.45, 7) is 4.16. The van der Waals surface area contributed by atoms with E-state index in [1.807, 2.05) is 0 Å². The molecule has 0 rings (SSSR count). The largest absolute Gasteiger partial charge is 0.344 e. The summed E-state index contributed by atoms with van der Waals surface area (Å²) < 4.78 is 0. The molecule has 0 aromatic heterocycles. The first kappa shape index (κ1) is 9.82. The molecule has 1 atom stereocenters. The average Bonchev–Trinajstić information content (AvgIpc) is 1.86. The zero-order valence-electron chi connectivity index (χ0n) is 6.55. The summed E-state index contributed by atoms with van der Waals surface area (Å²) in [5.74, 6) is 0. The molecule has 0 saturated carbocycles. The fourth-order valence-corrected chi connectivity index (χ4v) is 1.08. The maximum absolute atomic E-state index is 10.4. The van der Waals surface area contributed by atoms with Crippen LogP contribution in [0.25, 0.3) is 0 Å². The first-order valence-electron chi connectivity index (χ1n) is 3.70. The molecule has 0 aliphatic carbocycles. The Kier molecular flexibility index (Phi) is 5.49. The number of nitrogens with one attached hydrogen (secondary N) is 1. The van der Waals surface area contributed by atoms with E-state index in [-0.39, 0.29) is 5.24 Å². The third kappa shape index (κ3) is 4.68. The van der Waals surface area contributed by atoms with Crippen LogP contribution in [0.4, 0.5) is 4.79 Å². The lowest BCUT2D eigenvalue weighted by atomic mass is 10.1. The Morgan fingerprint density at radius 2 is 2.20 bits per heavy atom. The van der Waals surface area contributed by atoms with E-state index in [4.69, 9.17) is 0 Å². The Labute approximate surface area is 67.8 Å². The second kappa shape index (κ2) is 5.59. The van der Waals surface area contributed by atoms with Crippen molar-refractivity contribution in [3.63, 3.8) is 0 Å². The van der Waals surface area contributed by atoms with E-state index in [1.54, 1.807) is 0 Å². The van der Waals surface area contributed by atoms with Crippen LogP contribution in [0.2, 0.25) is 0 Å². The van der Waals surface area contributed by atoms with Crippen LogP contribution in [0.1, 0.15) is 33.1 Å². The van der Waals surface area contributed by atoms with Crippen molar-refractivity contribution < 1.29 is 4.79 Å². The number of thiol groups is 1. The summed E-state index contributed by atoms with van der Waals surface area (Å²) in [4.78, 5) is 10.4. The molecule has 0 aromatic carbocycles. The molecule has 0 saturated heterocycles. The summed E-state index contributed by atoms with van der Waals surface area (Å²) in [6, 6.07) is 0.315. The fraction of sp³-hybridized carbons (Fsp3) is 0.857. The highest BCUT2D eigenvalue weighted by atomic mass is 32.1. The van der Waals surface area contributed by atoms with Crippen molar-refractivity contribution >= 4 is 17.9 Å². The summed E-state index contributed by atoms with van der Waals surface area (Å²) in [7, 11) is 0. The zero-order valence-corrected chi connectivity index (χ0v) is 7.45. The van der Waals surface area contributed by atoms with E-state index in [9.17, 15) is 4.79 Å². The van der Waals surface area contributed by atoms with Gasteiger partial charge in [0.15, 0.2) is 0 Å². The van der Waals surface area contributed by atoms with Gasteiger partial charge in [-0.3, -0.25) is 4.79 Å². The van der Waals surface area contributed by atoms with Crippen LogP contribution in [-0.4, -0.2) is 11.3 Å². The second-order valence-corrected chi connectivity index (χ2v) is 2.75. The summed E-state index contributed by atoms with van der Waals surface area (Å²) in [5.41, 5.74) is 0. The molecule has 0 heterocycles. The van der Waals surface area contributed by atoms with Crippen LogP contribution in [0.5, 0.6) is 0 Å². The second-order valence-electron chi connectivity index (χ2n) is 2.34. The lowest BCUT2D eigenvalue weighted by Crippen LogP contribution is -2.30. The van der Waals surface area contributed by atoms with E-state index in [0.717, 1.165) is 19.3 Å². The molecular formula is C7H15NOS. The van der Waals surface area contributed by atoms with Crippen molar-refractivity contribution in [2.24, 2.45) is 0 Å². The quantitative estimate of drug-likeness (QED) is 0.608. The highest BCUT2D eigenvalue weighted by Gasteiger charge is 2.04. The molecule has 0 fully saturated rings. The molecule has 0 bridgehead atoms. The number of hydrogen-bond donors (Lipinski definition) is 2. The van der Waals surface area contributed by atoms with Crippen molar-refractivity contribution in [3.8, 4) is 0 Å². The molecule has 2 nitrogen and oxygen atoms in total. The minimum absolute atomic E-state index is 0.222. The third-order valence-electron chi connectivity index (χ3n) is 1.46. The van der Waals surface area contributed by atoms with Crippen molar-refractivity contribution in [1.82, 2.24) is 5.32 Å². The Hall–Kier alpha value is -0.180. The van der Waals surface area contributed by atoms with Gasteiger partial charge in [0, 0.05) is 6.04 Å². The highest BCUT2D eigenvalue weighted by Crippen LogP contribution is 2.00. The number of hydrogen-bond acceptors (Lipinski definition) is 1. The lowest BCUT2D eigenvalue weighted by Gasteiger charge is -2.13. The normalized spacial score (nSPS) is 12.7. The van der Waals surface area contributed by atoms with Gasteiger partial charge in [0.2, 0.25) is 0 Å². The number of carbonyl (C=O) groups is 1. The predicted octanol–water partition coefficient (Wildman–Crippen LogP) is 2.20. The van der Waals surface area contributed by atoms with Crippen LogP contribution in [0.3, 0.4) is 0 Å². The van der Waals surface area contributed by atoms with Gasteiger partial charge < -0.3 is 5.32 Å². The minimum atomic E-state index is -0.222. The van der Waals surface area contributed by atoms with Crippen molar-refractivity contribution in [2.75, 3.05) is 0 Å². The maximum atomic E-state index is 10.4. The predicted molar refractivity (Wildman–Crippen MR) is 46.5 cm³/mol. The lowest BCUT2D eigenvalue weighted by molar-refractivity contribution is 0.256. The van der Waals surface area contributed by atoms with E-state index in [1.165, 1.54) is 0 Å². The van der Waals surface area contributed by atoms with Gasteiger partial charge >= 0.3 is 0 Å². The summed E-state index contributed by atoms with van der Waals surface area (Å²) in [5, 5.41) is 2.53. The first-order chi connectivity index (χ1) is 4.70. The highest BCUT2D eigenvalue weighted by molar-refractivity contribution is 7.96. The molecule has 0 radical (unpaired) electrons. The first-order valence-corrected chi connectivity index (χ1v) is 4.14.